The van der Waals surface area contributed by atoms with Crippen molar-refractivity contribution >= 4 is 103 Å². The van der Waals surface area contributed by atoms with Crippen LogP contribution in [0.5, 0.6) is 5.75 Å². The number of alkyl halides is 3. The molecule has 2 aliphatic rings. The molecule has 6 aromatic rings. The Bertz CT molecular complexity index is 2600. The van der Waals surface area contributed by atoms with Crippen molar-refractivity contribution in [3.63, 3.8) is 0 Å². The Kier molecular flexibility index (Phi) is 14.1. The minimum Gasteiger partial charge on any atom is -0.377 e. The Balaban J connectivity index is 0.000000239. The van der Waals surface area contributed by atoms with Gasteiger partial charge in [0.05, 0.1) is 34.6 Å². The zero-order chi connectivity index (χ0) is 37.8. The summed E-state index contributed by atoms with van der Waals surface area (Å²) in [5, 5.41) is 0.974. The van der Waals surface area contributed by atoms with E-state index in [9.17, 15) is 31.2 Å². The summed E-state index contributed by atoms with van der Waals surface area (Å²) < 4.78 is 69.7. The number of fused-ring (bicyclic) bond motifs is 6. The molecular weight excluding hydrogens is 835 g/mol. The first kappa shape index (κ1) is 45.1. The Labute approximate surface area is 340 Å². The number of thiophene rings is 2. The van der Waals surface area contributed by atoms with Gasteiger partial charge in [0.1, 0.15) is 34.9 Å². The fraction of sp³-hybridized carbons (Fsp3) is 0.500. The van der Waals surface area contributed by atoms with Crippen LogP contribution in [0.1, 0.15) is 98.6 Å². The number of nitrogens with zero attached hydrogens (tertiary/aromatic N) is 7. The van der Waals surface area contributed by atoms with E-state index in [0.717, 1.165) is 83.8 Å². The van der Waals surface area contributed by atoms with E-state index in [-0.39, 0.29) is 71.1 Å². The number of rotatable bonds is 5. The largest absolute Gasteiger partial charge is 0.534 e. The van der Waals surface area contributed by atoms with Crippen molar-refractivity contribution in [2.45, 2.75) is 104 Å². The van der Waals surface area contributed by atoms with E-state index < -0.39 is 21.4 Å². The molecule has 6 aromatic heterocycles. The molecule has 0 spiro atoms. The summed E-state index contributed by atoms with van der Waals surface area (Å²) in [4.78, 5) is 46.1. The summed E-state index contributed by atoms with van der Waals surface area (Å²) in [5.41, 5.74) is -4.22. The third-order valence-electron chi connectivity index (χ3n) is 9.54. The predicted octanol–water partition coefficient (Wildman–Crippen LogP) is 10.5. The second-order valence-electron chi connectivity index (χ2n) is 13.2. The minimum absolute atomic E-state index is 0. The number of pyridine rings is 2. The van der Waals surface area contributed by atoms with Gasteiger partial charge in [-0.2, -0.15) is 21.6 Å². The molecule has 0 aromatic carbocycles. The first-order chi connectivity index (χ1) is 25.1. The van der Waals surface area contributed by atoms with Gasteiger partial charge in [-0.1, -0.05) is 84.0 Å². The molecule has 0 unspecified atom stereocenters. The van der Waals surface area contributed by atoms with E-state index in [1.54, 1.807) is 6.33 Å². The molecule has 0 aliphatic heterocycles. The van der Waals surface area contributed by atoms with Gasteiger partial charge in [-0.25, -0.2) is 19.9 Å². The lowest BCUT2D eigenvalue weighted by molar-refractivity contribution is -0.0499. The van der Waals surface area contributed by atoms with Crippen LogP contribution in [0, 0.1) is 0 Å². The second kappa shape index (κ2) is 17.5. The Hall–Kier alpha value is -3.58. The summed E-state index contributed by atoms with van der Waals surface area (Å²) in [6.07, 6.45) is 13.6. The monoisotopic (exact) mass is 877 g/mol. The van der Waals surface area contributed by atoms with Crippen molar-refractivity contribution in [2.24, 2.45) is 0 Å². The highest BCUT2D eigenvalue weighted by Crippen LogP contribution is 2.41. The molecule has 0 amide bonds. The summed E-state index contributed by atoms with van der Waals surface area (Å²) in [6.45, 7) is 0. The van der Waals surface area contributed by atoms with Crippen LogP contribution in [0.4, 0.5) is 18.9 Å². The lowest BCUT2D eigenvalue weighted by Gasteiger charge is -2.23. The predicted molar refractivity (Wildman–Crippen MR) is 223 cm³/mol. The van der Waals surface area contributed by atoms with Crippen LogP contribution < -0.4 is 20.2 Å². The average molecular weight is 879 g/mol. The first-order valence-electron chi connectivity index (χ1n) is 16.8. The number of hydrogen-bond donors (Lipinski definition) is 0. The van der Waals surface area contributed by atoms with Gasteiger partial charge in [-0.3, -0.25) is 18.7 Å². The van der Waals surface area contributed by atoms with Crippen LogP contribution in [0.2, 0.25) is 10.3 Å². The van der Waals surface area contributed by atoms with Crippen molar-refractivity contribution in [2.75, 3.05) is 19.0 Å². The van der Waals surface area contributed by atoms with Crippen LogP contribution in [0.25, 0.3) is 40.9 Å². The molecule has 6 heterocycles. The topological polar surface area (TPSA) is 142 Å². The molecule has 0 atom stereocenters. The van der Waals surface area contributed by atoms with E-state index in [2.05, 4.69) is 24.1 Å². The summed E-state index contributed by atoms with van der Waals surface area (Å²) in [6, 6.07) is 2.95. The molecule has 12 nitrogen and oxygen atoms in total. The maximum Gasteiger partial charge on any atom is 0.534 e. The standard InChI is InChI=1S/C17H19ClN4OS.C16H13ClF3N3O4S2.3CH4/c1-21(2)11-8-12(18)20-16-13(11)14-15(24-16)17(23)22(9-19-14)10-6-4-3-5-7-10;17-10-6-9(27-29(25,26)16(18,19)20)11-12-13(28-14(11)22-10)15(24)23(7-21-12)8-4-2-1-3-5-8;;;/h8-10H,3-7H2,1-2H3;6-8H,1-5H2;3*1H4. The normalized spacial score (nSPS) is 15.5. The fourth-order valence-electron chi connectivity index (χ4n) is 6.99. The first-order valence-corrected chi connectivity index (χ1v) is 20.6. The molecule has 8 rings (SSSR count). The van der Waals surface area contributed by atoms with E-state index in [1.807, 2.05) is 29.6 Å². The third kappa shape index (κ3) is 8.49. The van der Waals surface area contributed by atoms with Crippen LogP contribution in [-0.4, -0.2) is 57.1 Å². The molecule has 2 saturated carbocycles. The maximum atomic E-state index is 13.0. The molecule has 0 bridgehead atoms. The minimum atomic E-state index is -5.93. The second-order valence-corrected chi connectivity index (χ2v) is 17.5. The average Bonchev–Trinajstić information content (AvgIpc) is 3.68. The van der Waals surface area contributed by atoms with Gasteiger partial charge in [0.15, 0.2) is 5.75 Å². The van der Waals surface area contributed by atoms with Crippen molar-refractivity contribution in [3.05, 3.63) is 55.8 Å². The number of anilines is 1. The molecule has 56 heavy (non-hydrogen) atoms. The highest BCUT2D eigenvalue weighted by Gasteiger charge is 2.49. The van der Waals surface area contributed by atoms with Crippen LogP contribution in [0.3, 0.4) is 0 Å². The van der Waals surface area contributed by atoms with Crippen molar-refractivity contribution in [1.29, 1.82) is 0 Å². The summed E-state index contributed by atoms with van der Waals surface area (Å²) in [7, 11) is -2.02. The van der Waals surface area contributed by atoms with Crippen LogP contribution >= 0.6 is 45.9 Å². The van der Waals surface area contributed by atoms with E-state index >= 15 is 0 Å². The molecule has 0 saturated heterocycles. The van der Waals surface area contributed by atoms with E-state index in [4.69, 9.17) is 23.2 Å². The zero-order valence-electron chi connectivity index (χ0n) is 28.3. The SMILES string of the molecule is C.C.C.CN(C)c1cc(Cl)nc2sc3c(=O)n(C4CCCCC4)cnc3c12.O=c1c2sc3nc(Cl)cc(OS(=O)(=O)C(F)(F)F)c3c2ncn1C1CCCCC1. The van der Waals surface area contributed by atoms with Crippen LogP contribution in [0.15, 0.2) is 34.4 Å². The maximum absolute atomic E-state index is 13.0. The lowest BCUT2D eigenvalue weighted by Crippen LogP contribution is -2.28. The highest BCUT2D eigenvalue weighted by atomic mass is 35.5. The van der Waals surface area contributed by atoms with Crippen molar-refractivity contribution in [3.8, 4) is 5.75 Å². The smallest absolute Gasteiger partial charge is 0.377 e. The number of halogens is 5. The molecule has 0 N–H and O–H groups in total. The van der Waals surface area contributed by atoms with Gasteiger partial charge in [0.25, 0.3) is 11.1 Å². The van der Waals surface area contributed by atoms with E-state index in [0.29, 0.717) is 9.85 Å². The van der Waals surface area contributed by atoms with Crippen molar-refractivity contribution < 1.29 is 25.8 Å². The summed E-state index contributed by atoms with van der Waals surface area (Å²) >= 11 is 14.3. The van der Waals surface area contributed by atoms with Gasteiger partial charge in [-0.05, 0) is 31.7 Å². The van der Waals surface area contributed by atoms with Gasteiger partial charge in [-0.15, -0.1) is 22.7 Å². The molecular formula is C36H44Cl2F3N7O5S3. The van der Waals surface area contributed by atoms with Crippen LogP contribution in [-0.2, 0) is 10.1 Å². The zero-order valence-corrected chi connectivity index (χ0v) is 32.3. The van der Waals surface area contributed by atoms with E-state index in [1.165, 1.54) is 41.5 Å². The van der Waals surface area contributed by atoms with Crippen molar-refractivity contribution in [1.82, 2.24) is 29.1 Å². The molecule has 2 aliphatic carbocycles. The Morgan fingerprint density at radius 1 is 0.750 bits per heavy atom. The molecule has 2 fully saturated rings. The van der Waals surface area contributed by atoms with Gasteiger partial charge >= 0.3 is 15.6 Å². The highest BCUT2D eigenvalue weighted by molar-refractivity contribution is 7.88. The number of hydrogen-bond acceptors (Lipinski definition) is 12. The Morgan fingerprint density at radius 3 is 1.62 bits per heavy atom. The lowest BCUT2D eigenvalue weighted by atomic mass is 9.95. The molecule has 306 valence electrons. The molecule has 20 heteroatoms. The summed E-state index contributed by atoms with van der Waals surface area (Å²) in [5.74, 6) is -0.675. The fourth-order valence-corrected chi connectivity index (χ4v) is 10.1. The Morgan fingerprint density at radius 2 is 1.18 bits per heavy atom. The quantitative estimate of drug-likeness (QED) is 0.0933. The third-order valence-corrected chi connectivity index (χ3v) is 13.0. The van der Waals surface area contributed by atoms with Gasteiger partial charge in [0, 0.05) is 32.2 Å². The van der Waals surface area contributed by atoms with Gasteiger partial charge < -0.3 is 9.08 Å². The number of aromatic nitrogens is 6. The van der Waals surface area contributed by atoms with Gasteiger partial charge in [0.2, 0.25) is 0 Å². The molecule has 0 radical (unpaired) electrons.